The standard InChI is InChI=1S/C28H19NO2/c1-3-13-25-21(7-1)17-27(30-25)19-9-5-11-23(15-19)29-24-12-6-10-20(16-24)28-18-22-8-2-4-14-26(22)31-28/h1-18,29H. The van der Waals surface area contributed by atoms with Crippen LogP contribution in [0.2, 0.25) is 0 Å². The Hall–Kier alpha value is -4.24. The van der Waals surface area contributed by atoms with Crippen molar-refractivity contribution in [1.82, 2.24) is 0 Å². The van der Waals surface area contributed by atoms with Gasteiger partial charge in [0.1, 0.15) is 22.7 Å². The summed E-state index contributed by atoms with van der Waals surface area (Å²) in [5.74, 6) is 1.72. The molecule has 31 heavy (non-hydrogen) atoms. The van der Waals surface area contributed by atoms with Gasteiger partial charge in [-0.2, -0.15) is 0 Å². The zero-order valence-corrected chi connectivity index (χ0v) is 16.7. The number of rotatable bonds is 4. The molecule has 0 fully saturated rings. The number of furan rings is 2. The molecule has 4 aromatic carbocycles. The second kappa shape index (κ2) is 7.22. The first kappa shape index (κ1) is 17.6. The van der Waals surface area contributed by atoms with Gasteiger partial charge in [-0.15, -0.1) is 0 Å². The van der Waals surface area contributed by atoms with E-state index in [4.69, 9.17) is 8.83 Å². The molecule has 3 nitrogen and oxygen atoms in total. The van der Waals surface area contributed by atoms with Crippen LogP contribution in [0.4, 0.5) is 11.4 Å². The molecule has 0 spiro atoms. The Morgan fingerprint density at radius 3 is 1.42 bits per heavy atom. The number of hydrogen-bond acceptors (Lipinski definition) is 3. The number of para-hydroxylation sites is 2. The number of anilines is 2. The van der Waals surface area contributed by atoms with Gasteiger partial charge in [-0.25, -0.2) is 0 Å². The van der Waals surface area contributed by atoms with Gasteiger partial charge in [0.25, 0.3) is 0 Å². The maximum atomic E-state index is 6.02. The van der Waals surface area contributed by atoms with Gasteiger partial charge in [-0.1, -0.05) is 60.7 Å². The van der Waals surface area contributed by atoms with Crippen LogP contribution in [-0.2, 0) is 0 Å². The molecule has 6 aromatic rings. The molecule has 3 heteroatoms. The molecule has 0 saturated heterocycles. The topological polar surface area (TPSA) is 38.3 Å². The molecule has 0 amide bonds. The maximum absolute atomic E-state index is 6.02. The lowest BCUT2D eigenvalue weighted by Crippen LogP contribution is -1.90. The Kier molecular flexibility index (Phi) is 4.10. The number of benzene rings is 4. The van der Waals surface area contributed by atoms with Gasteiger partial charge in [-0.05, 0) is 48.5 Å². The van der Waals surface area contributed by atoms with Crippen LogP contribution < -0.4 is 5.32 Å². The molecule has 2 aromatic heterocycles. The molecule has 0 radical (unpaired) electrons. The van der Waals surface area contributed by atoms with Gasteiger partial charge >= 0.3 is 0 Å². The molecular formula is C28H19NO2. The Balaban J connectivity index is 1.30. The third-order valence-corrected chi connectivity index (χ3v) is 5.43. The molecule has 0 bridgehead atoms. The molecule has 0 aliphatic rings. The first-order valence-corrected chi connectivity index (χ1v) is 10.3. The van der Waals surface area contributed by atoms with E-state index >= 15 is 0 Å². The van der Waals surface area contributed by atoms with Crippen LogP contribution in [0.3, 0.4) is 0 Å². The van der Waals surface area contributed by atoms with Crippen molar-refractivity contribution in [3.05, 3.63) is 109 Å². The Labute approximate surface area is 179 Å². The average molecular weight is 401 g/mol. The van der Waals surface area contributed by atoms with Crippen LogP contribution in [0.5, 0.6) is 0 Å². The van der Waals surface area contributed by atoms with Crippen LogP contribution in [0.25, 0.3) is 44.6 Å². The van der Waals surface area contributed by atoms with Crippen molar-refractivity contribution in [3.63, 3.8) is 0 Å². The fourth-order valence-electron chi connectivity index (χ4n) is 3.92. The van der Waals surface area contributed by atoms with Crippen LogP contribution in [0.1, 0.15) is 0 Å². The number of hydrogen-bond donors (Lipinski definition) is 1. The molecule has 2 heterocycles. The summed E-state index contributed by atoms with van der Waals surface area (Å²) in [6.07, 6.45) is 0. The first-order valence-electron chi connectivity index (χ1n) is 10.3. The van der Waals surface area contributed by atoms with E-state index in [9.17, 15) is 0 Å². The molecule has 0 saturated carbocycles. The summed E-state index contributed by atoms with van der Waals surface area (Å²) in [7, 11) is 0. The van der Waals surface area contributed by atoms with E-state index < -0.39 is 0 Å². The van der Waals surface area contributed by atoms with Crippen molar-refractivity contribution < 1.29 is 8.83 Å². The molecule has 6 rings (SSSR count). The lowest BCUT2D eigenvalue weighted by molar-refractivity contribution is 0.631. The Morgan fingerprint density at radius 1 is 0.452 bits per heavy atom. The van der Waals surface area contributed by atoms with E-state index in [1.54, 1.807) is 0 Å². The molecule has 1 N–H and O–H groups in total. The largest absolute Gasteiger partial charge is 0.456 e. The smallest absolute Gasteiger partial charge is 0.135 e. The average Bonchev–Trinajstić information content (AvgIpc) is 3.44. The summed E-state index contributed by atoms with van der Waals surface area (Å²) in [6, 6.07) is 36.8. The summed E-state index contributed by atoms with van der Waals surface area (Å²) < 4.78 is 12.0. The van der Waals surface area contributed by atoms with Crippen molar-refractivity contribution in [2.24, 2.45) is 0 Å². The van der Waals surface area contributed by atoms with Crippen molar-refractivity contribution in [2.75, 3.05) is 5.32 Å². The predicted octanol–water partition coefficient (Wildman–Crippen LogP) is 8.26. The van der Waals surface area contributed by atoms with Crippen LogP contribution >= 0.6 is 0 Å². The van der Waals surface area contributed by atoms with Crippen LogP contribution in [0.15, 0.2) is 118 Å². The van der Waals surface area contributed by atoms with Crippen LogP contribution in [-0.4, -0.2) is 0 Å². The second-order valence-corrected chi connectivity index (χ2v) is 7.58. The minimum absolute atomic E-state index is 0.862. The van der Waals surface area contributed by atoms with Gasteiger partial charge < -0.3 is 14.2 Å². The SMILES string of the molecule is c1cc(Nc2cccc(-c3cc4ccccc4o3)c2)cc(-c2cc3ccccc3o2)c1. The number of fused-ring (bicyclic) bond motifs is 2. The fourth-order valence-corrected chi connectivity index (χ4v) is 3.92. The number of nitrogens with one attached hydrogen (secondary N) is 1. The summed E-state index contributed by atoms with van der Waals surface area (Å²) >= 11 is 0. The first-order chi connectivity index (χ1) is 15.3. The van der Waals surface area contributed by atoms with Gasteiger partial charge in [0.05, 0.1) is 0 Å². The van der Waals surface area contributed by atoms with Gasteiger partial charge in [0.2, 0.25) is 0 Å². The van der Waals surface area contributed by atoms with Crippen LogP contribution in [0, 0.1) is 0 Å². The van der Waals surface area contributed by atoms with Gasteiger partial charge in [-0.3, -0.25) is 0 Å². The summed E-state index contributed by atoms with van der Waals surface area (Å²) in [6.45, 7) is 0. The highest BCUT2D eigenvalue weighted by atomic mass is 16.3. The molecule has 148 valence electrons. The van der Waals surface area contributed by atoms with E-state index in [0.717, 1.165) is 56.0 Å². The highest BCUT2D eigenvalue weighted by molar-refractivity contribution is 5.85. The van der Waals surface area contributed by atoms with Gasteiger partial charge in [0.15, 0.2) is 0 Å². The Bertz CT molecular complexity index is 1340. The summed E-state index contributed by atoms with van der Waals surface area (Å²) in [4.78, 5) is 0. The summed E-state index contributed by atoms with van der Waals surface area (Å²) in [5, 5.41) is 5.72. The normalized spacial score (nSPS) is 11.2. The van der Waals surface area contributed by atoms with Crippen molar-refractivity contribution >= 4 is 33.3 Å². The van der Waals surface area contributed by atoms with Gasteiger partial charge in [0, 0.05) is 33.3 Å². The van der Waals surface area contributed by atoms with E-state index in [1.165, 1.54) is 0 Å². The zero-order valence-electron chi connectivity index (χ0n) is 16.7. The fraction of sp³-hybridized carbons (Fsp3) is 0. The monoisotopic (exact) mass is 401 g/mol. The minimum atomic E-state index is 0.862. The highest BCUT2D eigenvalue weighted by Crippen LogP contribution is 2.32. The third-order valence-electron chi connectivity index (χ3n) is 5.43. The molecule has 0 aliphatic carbocycles. The molecular weight excluding hydrogens is 382 g/mol. The lowest BCUT2D eigenvalue weighted by atomic mass is 10.1. The lowest BCUT2D eigenvalue weighted by Gasteiger charge is -2.09. The quantitative estimate of drug-likeness (QED) is 0.323. The highest BCUT2D eigenvalue weighted by Gasteiger charge is 2.09. The molecule has 0 unspecified atom stereocenters. The van der Waals surface area contributed by atoms with Crippen molar-refractivity contribution in [3.8, 4) is 22.6 Å². The second-order valence-electron chi connectivity index (χ2n) is 7.58. The molecule has 0 atom stereocenters. The maximum Gasteiger partial charge on any atom is 0.135 e. The van der Waals surface area contributed by atoms with E-state index in [1.807, 2.05) is 48.5 Å². The summed E-state index contributed by atoms with van der Waals surface area (Å²) in [5.41, 5.74) is 5.87. The minimum Gasteiger partial charge on any atom is -0.456 e. The predicted molar refractivity (Wildman–Crippen MR) is 127 cm³/mol. The Morgan fingerprint density at radius 2 is 0.935 bits per heavy atom. The van der Waals surface area contributed by atoms with Crippen molar-refractivity contribution in [1.29, 1.82) is 0 Å². The molecule has 0 aliphatic heterocycles. The van der Waals surface area contributed by atoms with E-state index in [0.29, 0.717) is 0 Å². The van der Waals surface area contributed by atoms with E-state index in [2.05, 4.69) is 66.0 Å². The van der Waals surface area contributed by atoms with E-state index in [-0.39, 0.29) is 0 Å². The van der Waals surface area contributed by atoms with Crippen molar-refractivity contribution in [2.45, 2.75) is 0 Å². The third kappa shape index (κ3) is 3.36. The zero-order chi connectivity index (χ0) is 20.6.